The number of hydrogen-bond donors (Lipinski definition) is 1. The minimum atomic E-state index is -0.316. The van der Waals surface area contributed by atoms with Gasteiger partial charge in [-0.15, -0.1) is 0 Å². The molecule has 0 unspecified atom stereocenters. The SMILES string of the molecule is O=C(NCc1cc(-c2ccc(F)cc2)on1)c1ccc(Cl)cc1. The van der Waals surface area contributed by atoms with E-state index in [1.165, 1.54) is 12.1 Å². The number of carbonyl (C=O) groups excluding carboxylic acids is 1. The average molecular weight is 331 g/mol. The Kier molecular flexibility index (Phi) is 4.39. The number of nitrogens with zero attached hydrogens (tertiary/aromatic N) is 1. The highest BCUT2D eigenvalue weighted by atomic mass is 35.5. The van der Waals surface area contributed by atoms with E-state index >= 15 is 0 Å². The van der Waals surface area contributed by atoms with Gasteiger partial charge >= 0.3 is 0 Å². The van der Waals surface area contributed by atoms with Crippen LogP contribution < -0.4 is 5.32 Å². The van der Waals surface area contributed by atoms with Crippen molar-refractivity contribution >= 4 is 17.5 Å². The third kappa shape index (κ3) is 3.76. The molecule has 0 aliphatic rings. The first-order valence-electron chi connectivity index (χ1n) is 6.87. The summed E-state index contributed by atoms with van der Waals surface area (Å²) in [6, 6.07) is 14.2. The van der Waals surface area contributed by atoms with Gasteiger partial charge in [-0.2, -0.15) is 0 Å². The molecule has 3 rings (SSSR count). The summed E-state index contributed by atoms with van der Waals surface area (Å²) in [6.07, 6.45) is 0. The number of rotatable bonds is 4. The van der Waals surface area contributed by atoms with E-state index in [2.05, 4.69) is 10.5 Å². The minimum absolute atomic E-state index is 0.228. The molecule has 0 spiro atoms. The molecular weight excluding hydrogens is 319 g/mol. The topological polar surface area (TPSA) is 55.1 Å². The average Bonchev–Trinajstić information content (AvgIpc) is 3.03. The fraction of sp³-hybridized carbons (Fsp3) is 0.0588. The number of amides is 1. The third-order valence-corrected chi connectivity index (χ3v) is 3.48. The van der Waals surface area contributed by atoms with E-state index in [0.717, 1.165) is 0 Å². The summed E-state index contributed by atoms with van der Waals surface area (Å²) in [5.74, 6) is -0.0301. The van der Waals surface area contributed by atoms with Crippen LogP contribution in [-0.4, -0.2) is 11.1 Å². The van der Waals surface area contributed by atoms with Gasteiger partial charge in [-0.1, -0.05) is 16.8 Å². The van der Waals surface area contributed by atoms with E-state index in [1.54, 1.807) is 42.5 Å². The molecular formula is C17H12ClFN2O2. The van der Waals surface area contributed by atoms with Crippen molar-refractivity contribution in [2.24, 2.45) is 0 Å². The zero-order valence-electron chi connectivity index (χ0n) is 11.9. The zero-order valence-corrected chi connectivity index (χ0v) is 12.7. The lowest BCUT2D eigenvalue weighted by Gasteiger charge is -2.02. The van der Waals surface area contributed by atoms with Crippen LogP contribution in [0.1, 0.15) is 16.1 Å². The molecule has 3 aromatic rings. The quantitative estimate of drug-likeness (QED) is 0.784. The molecule has 1 N–H and O–H groups in total. The van der Waals surface area contributed by atoms with E-state index in [1.807, 2.05) is 0 Å². The molecule has 0 aliphatic carbocycles. The molecule has 0 saturated carbocycles. The van der Waals surface area contributed by atoms with Crippen LogP contribution in [0.4, 0.5) is 4.39 Å². The number of benzene rings is 2. The molecule has 0 fully saturated rings. The van der Waals surface area contributed by atoms with Crippen LogP contribution in [0, 0.1) is 5.82 Å². The summed E-state index contributed by atoms with van der Waals surface area (Å²) in [5.41, 5.74) is 1.80. The Morgan fingerprint density at radius 2 is 1.83 bits per heavy atom. The van der Waals surface area contributed by atoms with Crippen molar-refractivity contribution in [3.63, 3.8) is 0 Å². The summed E-state index contributed by atoms with van der Waals surface area (Å²) in [7, 11) is 0. The van der Waals surface area contributed by atoms with Gasteiger partial charge in [-0.05, 0) is 48.5 Å². The fourth-order valence-corrected chi connectivity index (χ4v) is 2.15. The maximum absolute atomic E-state index is 12.9. The number of aromatic nitrogens is 1. The molecule has 23 heavy (non-hydrogen) atoms. The standard InChI is InChI=1S/C17H12ClFN2O2/c18-13-5-1-12(2-6-13)17(22)20-10-15-9-16(23-21-15)11-3-7-14(19)8-4-11/h1-9H,10H2,(H,20,22). The lowest BCUT2D eigenvalue weighted by Crippen LogP contribution is -2.22. The molecule has 6 heteroatoms. The maximum atomic E-state index is 12.9. The van der Waals surface area contributed by atoms with Crippen molar-refractivity contribution in [1.29, 1.82) is 0 Å². The van der Waals surface area contributed by atoms with E-state index in [0.29, 0.717) is 27.6 Å². The fourth-order valence-electron chi connectivity index (χ4n) is 2.02. The third-order valence-electron chi connectivity index (χ3n) is 3.22. The number of carbonyl (C=O) groups is 1. The summed E-state index contributed by atoms with van der Waals surface area (Å²) >= 11 is 5.78. The smallest absolute Gasteiger partial charge is 0.251 e. The number of halogens is 2. The Labute approximate surface area is 136 Å². The molecule has 1 heterocycles. The molecule has 0 saturated heterocycles. The molecule has 1 amide bonds. The second-order valence-corrected chi connectivity index (χ2v) is 5.32. The predicted octanol–water partition coefficient (Wildman–Crippen LogP) is 4.06. The Balaban J connectivity index is 1.64. The van der Waals surface area contributed by atoms with E-state index in [-0.39, 0.29) is 18.3 Å². The van der Waals surface area contributed by atoms with Gasteiger partial charge < -0.3 is 9.84 Å². The van der Waals surface area contributed by atoms with E-state index < -0.39 is 0 Å². The van der Waals surface area contributed by atoms with Gasteiger partial charge in [0, 0.05) is 22.2 Å². The second kappa shape index (κ2) is 6.62. The van der Waals surface area contributed by atoms with Gasteiger partial charge in [0.1, 0.15) is 11.5 Å². The number of hydrogen-bond acceptors (Lipinski definition) is 3. The van der Waals surface area contributed by atoms with Crippen LogP contribution in [-0.2, 0) is 6.54 Å². The summed E-state index contributed by atoms with van der Waals surface area (Å²) in [5, 5.41) is 7.21. The summed E-state index contributed by atoms with van der Waals surface area (Å²) < 4.78 is 18.1. The molecule has 1 aromatic heterocycles. The maximum Gasteiger partial charge on any atom is 0.251 e. The van der Waals surface area contributed by atoms with Crippen molar-refractivity contribution in [3.8, 4) is 11.3 Å². The minimum Gasteiger partial charge on any atom is -0.356 e. The Morgan fingerprint density at radius 3 is 2.52 bits per heavy atom. The second-order valence-electron chi connectivity index (χ2n) is 4.88. The molecule has 0 radical (unpaired) electrons. The van der Waals surface area contributed by atoms with Gasteiger partial charge in [0.15, 0.2) is 5.76 Å². The number of nitrogens with one attached hydrogen (secondary N) is 1. The first kappa shape index (κ1) is 15.2. The molecule has 2 aromatic carbocycles. The van der Waals surface area contributed by atoms with E-state index in [4.69, 9.17) is 16.1 Å². The molecule has 4 nitrogen and oxygen atoms in total. The van der Waals surface area contributed by atoms with Crippen molar-refractivity contribution in [2.75, 3.05) is 0 Å². The lowest BCUT2D eigenvalue weighted by atomic mass is 10.1. The molecule has 0 aliphatic heterocycles. The van der Waals surface area contributed by atoms with Crippen LogP contribution in [0.25, 0.3) is 11.3 Å². The van der Waals surface area contributed by atoms with Crippen LogP contribution in [0.15, 0.2) is 59.1 Å². The normalized spacial score (nSPS) is 10.5. The van der Waals surface area contributed by atoms with Crippen molar-refractivity contribution in [3.05, 3.63) is 76.7 Å². The molecule has 116 valence electrons. The monoisotopic (exact) mass is 330 g/mol. The predicted molar refractivity (Wildman–Crippen MR) is 84.5 cm³/mol. The first-order valence-corrected chi connectivity index (χ1v) is 7.25. The van der Waals surface area contributed by atoms with Crippen molar-refractivity contribution in [1.82, 2.24) is 10.5 Å². The largest absolute Gasteiger partial charge is 0.356 e. The van der Waals surface area contributed by atoms with Crippen LogP contribution in [0.3, 0.4) is 0 Å². The first-order chi connectivity index (χ1) is 11.1. The lowest BCUT2D eigenvalue weighted by molar-refractivity contribution is 0.0950. The Hall–Kier alpha value is -2.66. The van der Waals surface area contributed by atoms with Gasteiger partial charge in [0.05, 0.1) is 6.54 Å². The van der Waals surface area contributed by atoms with Gasteiger partial charge in [0.25, 0.3) is 5.91 Å². The van der Waals surface area contributed by atoms with Crippen molar-refractivity contribution in [2.45, 2.75) is 6.54 Å². The van der Waals surface area contributed by atoms with Crippen LogP contribution >= 0.6 is 11.6 Å². The Morgan fingerprint density at radius 1 is 1.13 bits per heavy atom. The Bertz CT molecular complexity index is 813. The molecule has 0 atom stereocenters. The summed E-state index contributed by atoms with van der Waals surface area (Å²) in [6.45, 7) is 0.228. The zero-order chi connectivity index (χ0) is 16.2. The van der Waals surface area contributed by atoms with Crippen LogP contribution in [0.5, 0.6) is 0 Å². The molecule has 0 bridgehead atoms. The summed E-state index contributed by atoms with van der Waals surface area (Å²) in [4.78, 5) is 12.0. The van der Waals surface area contributed by atoms with Gasteiger partial charge in [0.2, 0.25) is 0 Å². The van der Waals surface area contributed by atoms with E-state index in [9.17, 15) is 9.18 Å². The van der Waals surface area contributed by atoms with Crippen LogP contribution in [0.2, 0.25) is 5.02 Å². The van der Waals surface area contributed by atoms with Crippen molar-refractivity contribution < 1.29 is 13.7 Å². The highest BCUT2D eigenvalue weighted by Crippen LogP contribution is 2.20. The van der Waals surface area contributed by atoms with Gasteiger partial charge in [-0.25, -0.2) is 4.39 Å². The van der Waals surface area contributed by atoms with Gasteiger partial charge in [-0.3, -0.25) is 4.79 Å². The highest BCUT2D eigenvalue weighted by Gasteiger charge is 2.09. The highest BCUT2D eigenvalue weighted by molar-refractivity contribution is 6.30.